The zero-order valence-corrected chi connectivity index (χ0v) is 10.6. The molecule has 0 heterocycles. The summed E-state index contributed by atoms with van der Waals surface area (Å²) in [6, 6.07) is 2.87. The Morgan fingerprint density at radius 3 is 2.68 bits per heavy atom. The van der Waals surface area contributed by atoms with Gasteiger partial charge in [-0.2, -0.15) is 0 Å². The molecule has 0 unspecified atom stereocenters. The summed E-state index contributed by atoms with van der Waals surface area (Å²) in [6.45, 7) is 1.70. The van der Waals surface area contributed by atoms with Gasteiger partial charge in [-0.15, -0.1) is 0 Å². The molecule has 0 spiro atoms. The summed E-state index contributed by atoms with van der Waals surface area (Å²) in [5, 5.41) is 5.63. The van der Waals surface area contributed by atoms with Gasteiger partial charge in [0.1, 0.15) is 5.82 Å². The second-order valence-electron chi connectivity index (χ2n) is 4.70. The number of nitrogens with one attached hydrogen (secondary N) is 2. The summed E-state index contributed by atoms with van der Waals surface area (Å²) in [5.74, 6) is -1.57. The second-order valence-corrected chi connectivity index (χ2v) is 4.70. The predicted molar refractivity (Wildman–Crippen MR) is 69.3 cm³/mol. The summed E-state index contributed by atoms with van der Waals surface area (Å²) < 4.78 is 13.6. The van der Waals surface area contributed by atoms with Crippen LogP contribution in [0.2, 0.25) is 0 Å². The molecule has 1 aromatic rings. The van der Waals surface area contributed by atoms with E-state index in [0.29, 0.717) is 6.04 Å². The first-order chi connectivity index (χ1) is 8.97. The fourth-order valence-electron chi connectivity index (χ4n) is 1.67. The van der Waals surface area contributed by atoms with Gasteiger partial charge in [0.15, 0.2) is 0 Å². The molecule has 1 saturated carbocycles. The standard InChI is InChI=1S/C13H16FN3O2/c1-7-10(14)4-8(13(15)19)5-11(7)17-12(18)6-16-9-2-3-9/h4-5,9,16H,2-3,6H2,1H3,(H2,15,19)(H,17,18). The SMILES string of the molecule is Cc1c(F)cc(C(N)=O)cc1NC(=O)CNC1CC1. The Morgan fingerprint density at radius 1 is 1.42 bits per heavy atom. The van der Waals surface area contributed by atoms with Gasteiger partial charge in [0.25, 0.3) is 0 Å². The highest BCUT2D eigenvalue weighted by molar-refractivity contribution is 5.97. The maximum atomic E-state index is 13.6. The lowest BCUT2D eigenvalue weighted by Crippen LogP contribution is -2.29. The molecule has 1 aromatic carbocycles. The molecule has 1 fully saturated rings. The number of primary amides is 1. The van der Waals surface area contributed by atoms with Gasteiger partial charge >= 0.3 is 0 Å². The largest absolute Gasteiger partial charge is 0.366 e. The number of halogens is 1. The van der Waals surface area contributed by atoms with Crippen LogP contribution in [-0.2, 0) is 4.79 Å². The zero-order valence-electron chi connectivity index (χ0n) is 10.6. The van der Waals surface area contributed by atoms with E-state index in [1.54, 1.807) is 0 Å². The van der Waals surface area contributed by atoms with Crippen LogP contribution in [-0.4, -0.2) is 24.4 Å². The maximum Gasteiger partial charge on any atom is 0.248 e. The van der Waals surface area contributed by atoms with Gasteiger partial charge in [-0.25, -0.2) is 4.39 Å². The van der Waals surface area contributed by atoms with Crippen molar-refractivity contribution in [3.8, 4) is 0 Å². The molecule has 6 heteroatoms. The third-order valence-electron chi connectivity index (χ3n) is 3.03. The van der Waals surface area contributed by atoms with E-state index < -0.39 is 11.7 Å². The molecule has 0 bridgehead atoms. The first-order valence-electron chi connectivity index (χ1n) is 6.10. The molecule has 2 rings (SSSR count). The van der Waals surface area contributed by atoms with Crippen LogP contribution in [0.3, 0.4) is 0 Å². The lowest BCUT2D eigenvalue weighted by molar-refractivity contribution is -0.115. The minimum Gasteiger partial charge on any atom is -0.366 e. The molecule has 102 valence electrons. The first kappa shape index (κ1) is 13.5. The summed E-state index contributed by atoms with van der Waals surface area (Å²) in [6.07, 6.45) is 2.16. The van der Waals surface area contributed by atoms with Crippen molar-refractivity contribution < 1.29 is 14.0 Å². The molecule has 0 radical (unpaired) electrons. The molecule has 0 aromatic heterocycles. The molecule has 5 nitrogen and oxygen atoms in total. The second kappa shape index (κ2) is 5.36. The summed E-state index contributed by atoms with van der Waals surface area (Å²) in [5.41, 5.74) is 5.70. The normalized spacial score (nSPS) is 14.2. The minimum atomic E-state index is -0.731. The van der Waals surface area contributed by atoms with E-state index in [9.17, 15) is 14.0 Å². The molecule has 0 atom stereocenters. The topological polar surface area (TPSA) is 84.2 Å². The quantitative estimate of drug-likeness (QED) is 0.740. The third kappa shape index (κ3) is 3.51. The van der Waals surface area contributed by atoms with Gasteiger partial charge < -0.3 is 16.4 Å². The number of carbonyl (C=O) groups excluding carboxylic acids is 2. The lowest BCUT2D eigenvalue weighted by Gasteiger charge is -2.11. The number of hydrogen-bond donors (Lipinski definition) is 3. The van der Waals surface area contributed by atoms with Crippen molar-refractivity contribution >= 4 is 17.5 Å². The van der Waals surface area contributed by atoms with Crippen molar-refractivity contribution in [2.45, 2.75) is 25.8 Å². The van der Waals surface area contributed by atoms with Gasteiger partial charge in [0.05, 0.1) is 6.54 Å². The van der Waals surface area contributed by atoms with Crippen LogP contribution in [0.25, 0.3) is 0 Å². The van der Waals surface area contributed by atoms with Gasteiger partial charge in [-0.3, -0.25) is 9.59 Å². The van der Waals surface area contributed by atoms with Crippen LogP contribution in [0.5, 0.6) is 0 Å². The Labute approximate surface area is 110 Å². The summed E-state index contributed by atoms with van der Waals surface area (Å²) in [7, 11) is 0. The number of rotatable bonds is 5. The molecular formula is C13H16FN3O2. The highest BCUT2D eigenvalue weighted by Crippen LogP contribution is 2.21. The third-order valence-corrected chi connectivity index (χ3v) is 3.03. The first-order valence-corrected chi connectivity index (χ1v) is 6.10. The average Bonchev–Trinajstić information content (AvgIpc) is 3.16. The number of carbonyl (C=O) groups is 2. The van der Waals surface area contributed by atoms with Crippen LogP contribution in [0.1, 0.15) is 28.8 Å². The molecule has 0 aliphatic heterocycles. The Morgan fingerprint density at radius 2 is 2.11 bits per heavy atom. The van der Waals surface area contributed by atoms with E-state index in [2.05, 4.69) is 10.6 Å². The van der Waals surface area contributed by atoms with Crippen LogP contribution in [0.4, 0.5) is 10.1 Å². The van der Waals surface area contributed by atoms with Gasteiger partial charge in [-0.05, 0) is 31.9 Å². The Balaban J connectivity index is 2.08. The Hall–Kier alpha value is -1.95. The van der Waals surface area contributed by atoms with E-state index in [1.165, 1.54) is 13.0 Å². The number of anilines is 1. The van der Waals surface area contributed by atoms with E-state index >= 15 is 0 Å². The van der Waals surface area contributed by atoms with E-state index in [-0.39, 0.29) is 29.3 Å². The number of nitrogens with two attached hydrogens (primary N) is 1. The van der Waals surface area contributed by atoms with Crippen LogP contribution >= 0.6 is 0 Å². The smallest absolute Gasteiger partial charge is 0.248 e. The predicted octanol–water partition coefficient (Wildman–Crippen LogP) is 0.924. The molecule has 2 amide bonds. The van der Waals surface area contributed by atoms with E-state index in [4.69, 9.17) is 5.73 Å². The average molecular weight is 265 g/mol. The Bertz CT molecular complexity index is 527. The fourth-order valence-corrected chi connectivity index (χ4v) is 1.67. The molecule has 19 heavy (non-hydrogen) atoms. The maximum absolute atomic E-state index is 13.6. The lowest BCUT2D eigenvalue weighted by atomic mass is 10.1. The van der Waals surface area contributed by atoms with Gasteiger partial charge in [0.2, 0.25) is 11.8 Å². The highest BCUT2D eigenvalue weighted by Gasteiger charge is 2.21. The zero-order chi connectivity index (χ0) is 14.0. The number of hydrogen-bond acceptors (Lipinski definition) is 3. The van der Waals surface area contributed by atoms with E-state index in [1.807, 2.05) is 0 Å². The van der Waals surface area contributed by atoms with Crippen molar-refractivity contribution in [3.63, 3.8) is 0 Å². The molecule has 0 saturated heterocycles. The van der Waals surface area contributed by atoms with E-state index in [0.717, 1.165) is 18.9 Å². The van der Waals surface area contributed by atoms with Crippen molar-refractivity contribution in [1.29, 1.82) is 0 Å². The van der Waals surface area contributed by atoms with Gasteiger partial charge in [-0.1, -0.05) is 0 Å². The fraction of sp³-hybridized carbons (Fsp3) is 0.385. The molecule has 1 aliphatic rings. The number of benzene rings is 1. The summed E-state index contributed by atoms with van der Waals surface area (Å²) in [4.78, 5) is 22.7. The number of amides is 2. The van der Waals surface area contributed by atoms with Crippen LogP contribution in [0, 0.1) is 12.7 Å². The monoisotopic (exact) mass is 265 g/mol. The van der Waals surface area contributed by atoms with Crippen LogP contribution < -0.4 is 16.4 Å². The van der Waals surface area contributed by atoms with Crippen molar-refractivity contribution in [3.05, 3.63) is 29.1 Å². The summed E-state index contributed by atoms with van der Waals surface area (Å²) >= 11 is 0. The minimum absolute atomic E-state index is 0.0357. The molecule has 1 aliphatic carbocycles. The molecular weight excluding hydrogens is 249 g/mol. The van der Waals surface area contributed by atoms with Crippen LogP contribution in [0.15, 0.2) is 12.1 Å². The highest BCUT2D eigenvalue weighted by atomic mass is 19.1. The molecule has 4 N–H and O–H groups in total. The van der Waals surface area contributed by atoms with Crippen molar-refractivity contribution in [2.75, 3.05) is 11.9 Å². The van der Waals surface area contributed by atoms with Crippen molar-refractivity contribution in [1.82, 2.24) is 5.32 Å². The Kier molecular flexibility index (Phi) is 3.80. The van der Waals surface area contributed by atoms with Crippen molar-refractivity contribution in [2.24, 2.45) is 5.73 Å². The van der Waals surface area contributed by atoms with Gasteiger partial charge in [0, 0.05) is 22.9 Å².